The zero-order valence-corrected chi connectivity index (χ0v) is 11.1. The molecule has 1 heterocycles. The number of rotatable bonds is 4. The summed E-state index contributed by atoms with van der Waals surface area (Å²) < 4.78 is 0. The Kier molecular flexibility index (Phi) is 3.89. The number of hydrogen-bond donors (Lipinski definition) is 1. The summed E-state index contributed by atoms with van der Waals surface area (Å²) in [6.07, 6.45) is 3.57. The first-order valence-corrected chi connectivity index (χ1v) is 6.44. The minimum atomic E-state index is -0.259. The summed E-state index contributed by atoms with van der Waals surface area (Å²) in [5.41, 5.74) is 0.196. The van der Waals surface area contributed by atoms with Crippen LogP contribution >= 0.6 is 23.2 Å². The largest absolute Gasteiger partial charge is 0.348 e. The maximum Gasteiger partial charge on any atom is 0.271 e. The van der Waals surface area contributed by atoms with Crippen molar-refractivity contribution in [1.82, 2.24) is 10.3 Å². The second kappa shape index (κ2) is 5.23. The van der Waals surface area contributed by atoms with Crippen LogP contribution in [0.5, 0.6) is 0 Å². The lowest BCUT2D eigenvalue weighted by Crippen LogP contribution is -2.33. The first-order chi connectivity index (χ1) is 8.06. The van der Waals surface area contributed by atoms with Gasteiger partial charge in [0.05, 0.1) is 5.02 Å². The number of aromatic nitrogens is 1. The highest BCUT2D eigenvalue weighted by Crippen LogP contribution is 2.33. The summed E-state index contributed by atoms with van der Waals surface area (Å²) in [6.45, 7) is 1.99. The lowest BCUT2D eigenvalue weighted by molar-refractivity contribution is 0.0932. The molecule has 1 saturated carbocycles. The molecule has 5 heteroatoms. The van der Waals surface area contributed by atoms with Gasteiger partial charge in [0.2, 0.25) is 0 Å². The van der Waals surface area contributed by atoms with Crippen LogP contribution in [-0.2, 0) is 0 Å². The van der Waals surface area contributed by atoms with Crippen LogP contribution in [0.1, 0.15) is 36.7 Å². The van der Waals surface area contributed by atoms with Gasteiger partial charge in [0, 0.05) is 6.04 Å². The summed E-state index contributed by atoms with van der Waals surface area (Å²) in [5, 5.41) is 3.49. The van der Waals surface area contributed by atoms with E-state index in [4.69, 9.17) is 23.2 Å². The van der Waals surface area contributed by atoms with Crippen LogP contribution in [0.4, 0.5) is 0 Å². The summed E-state index contributed by atoms with van der Waals surface area (Å²) >= 11 is 11.7. The number of carbonyl (C=O) groups excluding carboxylic acids is 1. The maximum absolute atomic E-state index is 11.9. The van der Waals surface area contributed by atoms with E-state index in [-0.39, 0.29) is 22.8 Å². The van der Waals surface area contributed by atoms with E-state index >= 15 is 0 Å². The van der Waals surface area contributed by atoms with E-state index in [0.717, 1.165) is 12.3 Å². The SMILES string of the molecule is CC(CC1CC1)NC(=O)c1nc(Cl)ccc1Cl. The Morgan fingerprint density at radius 3 is 2.88 bits per heavy atom. The van der Waals surface area contributed by atoms with Gasteiger partial charge >= 0.3 is 0 Å². The van der Waals surface area contributed by atoms with Gasteiger partial charge in [-0.1, -0.05) is 36.0 Å². The topological polar surface area (TPSA) is 42.0 Å². The number of amides is 1. The van der Waals surface area contributed by atoms with Crippen molar-refractivity contribution in [2.24, 2.45) is 5.92 Å². The number of hydrogen-bond acceptors (Lipinski definition) is 2. The molecular weight excluding hydrogens is 259 g/mol. The van der Waals surface area contributed by atoms with E-state index in [0.29, 0.717) is 5.02 Å². The zero-order valence-electron chi connectivity index (χ0n) is 9.54. The summed E-state index contributed by atoms with van der Waals surface area (Å²) in [6, 6.07) is 3.29. The van der Waals surface area contributed by atoms with Crippen molar-refractivity contribution >= 4 is 29.1 Å². The van der Waals surface area contributed by atoms with Gasteiger partial charge in [0.1, 0.15) is 10.8 Å². The highest BCUT2D eigenvalue weighted by Gasteiger charge is 2.25. The molecule has 1 aromatic heterocycles. The summed E-state index contributed by atoms with van der Waals surface area (Å²) in [7, 11) is 0. The number of halogens is 2. The van der Waals surface area contributed by atoms with Crippen molar-refractivity contribution in [1.29, 1.82) is 0 Å². The third-order valence-electron chi connectivity index (χ3n) is 2.79. The highest BCUT2D eigenvalue weighted by atomic mass is 35.5. The van der Waals surface area contributed by atoms with Crippen LogP contribution in [0, 0.1) is 5.92 Å². The molecule has 1 amide bonds. The van der Waals surface area contributed by atoms with Gasteiger partial charge in [-0.15, -0.1) is 0 Å². The molecular formula is C12H14Cl2N2O. The molecule has 2 rings (SSSR count). The minimum Gasteiger partial charge on any atom is -0.348 e. The predicted octanol–water partition coefficient (Wildman–Crippen LogP) is 3.31. The Bertz CT molecular complexity index is 433. The molecule has 3 nitrogen and oxygen atoms in total. The van der Waals surface area contributed by atoms with Crippen LogP contribution in [0.3, 0.4) is 0 Å². The van der Waals surface area contributed by atoms with Crippen molar-refractivity contribution in [2.75, 3.05) is 0 Å². The predicted molar refractivity (Wildman–Crippen MR) is 68.5 cm³/mol. The van der Waals surface area contributed by atoms with Gasteiger partial charge in [-0.3, -0.25) is 4.79 Å². The second-order valence-electron chi connectivity index (χ2n) is 4.52. The quantitative estimate of drug-likeness (QED) is 0.855. The van der Waals surface area contributed by atoms with Crippen molar-refractivity contribution < 1.29 is 4.79 Å². The molecule has 0 spiro atoms. The Morgan fingerprint density at radius 2 is 2.24 bits per heavy atom. The fourth-order valence-corrected chi connectivity index (χ4v) is 2.12. The molecule has 0 aromatic carbocycles. The van der Waals surface area contributed by atoms with Crippen molar-refractivity contribution in [3.63, 3.8) is 0 Å². The number of nitrogens with zero attached hydrogens (tertiary/aromatic N) is 1. The molecule has 1 unspecified atom stereocenters. The van der Waals surface area contributed by atoms with E-state index in [1.165, 1.54) is 12.8 Å². The normalized spacial score (nSPS) is 16.6. The van der Waals surface area contributed by atoms with Crippen molar-refractivity contribution in [2.45, 2.75) is 32.2 Å². The Labute approximate surface area is 111 Å². The van der Waals surface area contributed by atoms with Crippen LogP contribution in [0.2, 0.25) is 10.2 Å². The molecule has 0 radical (unpaired) electrons. The molecule has 92 valence electrons. The number of carbonyl (C=O) groups is 1. The Balaban J connectivity index is 2.00. The molecule has 1 aromatic rings. The van der Waals surface area contributed by atoms with Crippen molar-refractivity contribution in [3.8, 4) is 0 Å². The molecule has 0 saturated heterocycles. The monoisotopic (exact) mass is 272 g/mol. The fraction of sp³-hybridized carbons (Fsp3) is 0.500. The molecule has 17 heavy (non-hydrogen) atoms. The van der Waals surface area contributed by atoms with Gasteiger partial charge in [-0.05, 0) is 31.4 Å². The molecule has 1 aliphatic rings. The lowest BCUT2D eigenvalue weighted by Gasteiger charge is -2.13. The van der Waals surface area contributed by atoms with Gasteiger partial charge in [-0.2, -0.15) is 0 Å². The van der Waals surface area contributed by atoms with Crippen LogP contribution in [0.25, 0.3) is 0 Å². The van der Waals surface area contributed by atoms with E-state index in [2.05, 4.69) is 10.3 Å². The lowest BCUT2D eigenvalue weighted by atomic mass is 10.1. The van der Waals surface area contributed by atoms with Gasteiger partial charge in [0.15, 0.2) is 0 Å². The number of pyridine rings is 1. The van der Waals surface area contributed by atoms with Gasteiger partial charge in [0.25, 0.3) is 5.91 Å². The first kappa shape index (κ1) is 12.7. The molecule has 1 atom stereocenters. The fourth-order valence-electron chi connectivity index (χ4n) is 1.78. The zero-order chi connectivity index (χ0) is 12.4. The van der Waals surface area contributed by atoms with E-state index in [1.807, 2.05) is 6.92 Å². The van der Waals surface area contributed by atoms with Gasteiger partial charge in [-0.25, -0.2) is 4.98 Å². The molecule has 1 fully saturated rings. The van der Waals surface area contributed by atoms with E-state index in [1.54, 1.807) is 12.1 Å². The van der Waals surface area contributed by atoms with E-state index in [9.17, 15) is 4.79 Å². The minimum absolute atomic E-state index is 0.145. The highest BCUT2D eigenvalue weighted by molar-refractivity contribution is 6.34. The molecule has 0 aliphatic heterocycles. The van der Waals surface area contributed by atoms with Crippen LogP contribution in [-0.4, -0.2) is 16.9 Å². The molecule has 1 aliphatic carbocycles. The first-order valence-electron chi connectivity index (χ1n) is 5.69. The van der Waals surface area contributed by atoms with Crippen LogP contribution < -0.4 is 5.32 Å². The smallest absolute Gasteiger partial charge is 0.271 e. The van der Waals surface area contributed by atoms with Crippen LogP contribution in [0.15, 0.2) is 12.1 Å². The summed E-state index contributed by atoms with van der Waals surface area (Å²) in [4.78, 5) is 15.9. The van der Waals surface area contributed by atoms with E-state index < -0.39 is 0 Å². The third kappa shape index (κ3) is 3.58. The molecule has 0 bridgehead atoms. The van der Waals surface area contributed by atoms with Gasteiger partial charge < -0.3 is 5.32 Å². The average molecular weight is 273 g/mol. The standard InChI is InChI=1S/C12H14Cl2N2O/c1-7(6-8-2-3-8)15-12(17)11-9(13)4-5-10(14)16-11/h4-5,7-8H,2-3,6H2,1H3,(H,15,17). The third-order valence-corrected chi connectivity index (χ3v) is 3.30. The average Bonchev–Trinajstić information content (AvgIpc) is 3.05. The summed E-state index contributed by atoms with van der Waals surface area (Å²) in [5.74, 6) is 0.513. The molecule has 1 N–H and O–H groups in total. The Hall–Kier alpha value is -0.800. The number of nitrogens with one attached hydrogen (secondary N) is 1. The Morgan fingerprint density at radius 1 is 1.53 bits per heavy atom. The maximum atomic E-state index is 11.9. The van der Waals surface area contributed by atoms with Crippen molar-refractivity contribution in [3.05, 3.63) is 28.0 Å². The second-order valence-corrected chi connectivity index (χ2v) is 5.31.